The van der Waals surface area contributed by atoms with E-state index in [1.54, 1.807) is 0 Å². The highest BCUT2D eigenvalue weighted by molar-refractivity contribution is 7.89. The Kier molecular flexibility index (Phi) is 60.4. The van der Waals surface area contributed by atoms with Gasteiger partial charge >= 0.3 is 0 Å². The minimum absolute atomic E-state index is 0.0444. The Morgan fingerprint density at radius 1 is 0.496 bits per heavy atom. The van der Waals surface area contributed by atoms with Gasteiger partial charge in [-0.2, -0.15) is 0 Å². The number of carbonyl (C=O) groups excluding carboxylic acids is 2. The van der Waals surface area contributed by atoms with Crippen molar-refractivity contribution in [1.29, 1.82) is 5.41 Å². The number of primary sulfonamides is 1. The minimum Gasteiger partial charge on any atom is -0.411 e. The fourth-order valence-electron chi connectivity index (χ4n) is 23.4. The molecule has 10 aliphatic rings. The van der Waals surface area contributed by atoms with Gasteiger partial charge in [0.1, 0.15) is 6.29 Å². The van der Waals surface area contributed by atoms with E-state index in [4.69, 9.17) is 38.5 Å². The summed E-state index contributed by atoms with van der Waals surface area (Å²) in [5.74, 6) is 17.2. The number of rotatable bonds is 28. The summed E-state index contributed by atoms with van der Waals surface area (Å²) in [6.07, 6.45) is 57.1. The summed E-state index contributed by atoms with van der Waals surface area (Å²) in [5, 5.41) is 37.2. The molecule has 2 atom stereocenters. The normalized spacial score (nSPS) is 28.6. The first-order valence-electron chi connectivity index (χ1n) is 53.4. The quantitative estimate of drug-likeness (QED) is 0.00906. The summed E-state index contributed by atoms with van der Waals surface area (Å²) in [5.41, 5.74) is 13.1. The number of nitrogens with two attached hydrogens (primary N) is 3. The number of amides is 1. The highest BCUT2D eigenvalue weighted by Crippen LogP contribution is 2.44. The average molecular weight is 1860 g/mol. The molecule has 0 bridgehead atoms. The molecular weight excluding hydrogens is 1640 g/mol. The Bertz CT molecular complexity index is 3180. The van der Waals surface area contributed by atoms with Crippen molar-refractivity contribution in [3.63, 3.8) is 0 Å². The number of hydrogen-bond donors (Lipinski definition) is 8. The molecule has 2 unspecified atom stereocenters. The maximum atomic E-state index is 12.0. The van der Waals surface area contributed by atoms with Gasteiger partial charge in [-0.05, 0) is 401 Å². The molecule has 0 aromatic carbocycles. The van der Waals surface area contributed by atoms with Crippen LogP contribution in [0.25, 0.3) is 4.85 Å². The molecule has 0 aromatic heterocycles. The third-order valence-electron chi connectivity index (χ3n) is 29.9. The summed E-state index contributed by atoms with van der Waals surface area (Å²) in [7, 11) is -6.29. The van der Waals surface area contributed by atoms with Crippen molar-refractivity contribution in [3.05, 3.63) is 11.4 Å². The van der Waals surface area contributed by atoms with Gasteiger partial charge in [-0.25, -0.2) is 33.3 Å². The monoisotopic (exact) mass is 1860 g/mol. The lowest BCUT2D eigenvalue weighted by atomic mass is 9.72. The number of nitrogens with zero attached hydrogens (tertiary/aromatic N) is 3. The van der Waals surface area contributed by atoms with E-state index in [-0.39, 0.29) is 22.7 Å². The summed E-state index contributed by atoms with van der Waals surface area (Å²) >= 11 is 0. The minimum atomic E-state index is -3.28. The highest BCUT2D eigenvalue weighted by Gasteiger charge is 2.38. The topological polar surface area (TPSA) is 298 Å². The van der Waals surface area contributed by atoms with Crippen LogP contribution < -0.4 is 26.6 Å². The molecule has 0 radical (unpaired) electrons. The van der Waals surface area contributed by atoms with Crippen LogP contribution in [-0.2, 0) is 34.4 Å². The number of aliphatic hydroxyl groups is 1. The molecule has 1 aliphatic heterocycles. The Balaban J connectivity index is 0.000000493. The van der Waals surface area contributed by atoms with E-state index >= 15 is 0 Å². The Labute approximate surface area is 798 Å². The number of aldehydes is 1. The number of hydrogen-bond acceptors (Lipinski definition) is 13. The van der Waals surface area contributed by atoms with Crippen LogP contribution in [0.5, 0.6) is 0 Å². The third kappa shape index (κ3) is 61.9. The van der Waals surface area contributed by atoms with Crippen molar-refractivity contribution in [2.24, 2.45) is 157 Å². The zero-order chi connectivity index (χ0) is 97.5. The smallest absolute Gasteiger partial charge is 0.234 e. The summed E-state index contributed by atoms with van der Waals surface area (Å²) < 4.78 is 52.3. The van der Waals surface area contributed by atoms with Crippen molar-refractivity contribution in [3.8, 4) is 0 Å². The number of nitrogens with one attached hydrogen (secondary N) is 3. The number of sulfonamides is 2. The molecule has 0 aromatic rings. The first-order valence-corrected chi connectivity index (χ1v) is 56.9. The second kappa shape index (κ2) is 63.7. The lowest BCUT2D eigenvalue weighted by molar-refractivity contribution is -0.124. The van der Waals surface area contributed by atoms with Crippen LogP contribution in [0, 0.1) is 147 Å². The molecule has 1 amide bonds. The number of amidine groups is 1. The molecule has 10 fully saturated rings. The van der Waals surface area contributed by atoms with Crippen molar-refractivity contribution in [2.45, 2.75) is 484 Å². The van der Waals surface area contributed by atoms with E-state index in [0.717, 1.165) is 223 Å². The van der Waals surface area contributed by atoms with E-state index in [0.29, 0.717) is 58.8 Å². The van der Waals surface area contributed by atoms with Crippen LogP contribution in [0.15, 0.2) is 5.16 Å². The summed E-state index contributed by atoms with van der Waals surface area (Å²) in [6.45, 7) is 65.5. The molecule has 9 saturated carbocycles. The number of oxime groups is 1. The Morgan fingerprint density at radius 2 is 0.822 bits per heavy atom. The van der Waals surface area contributed by atoms with Gasteiger partial charge in [-0.15, -0.1) is 0 Å². The summed E-state index contributed by atoms with van der Waals surface area (Å²) in [6, 6.07) is 0.593. The predicted octanol–water partition coefficient (Wildman–Crippen LogP) is 26.6. The lowest BCUT2D eigenvalue weighted by Gasteiger charge is -2.37. The van der Waals surface area contributed by atoms with Gasteiger partial charge in [0, 0.05) is 49.0 Å². The Hall–Kier alpha value is -2.77. The fourth-order valence-corrected chi connectivity index (χ4v) is 25.1. The molecule has 760 valence electrons. The van der Waals surface area contributed by atoms with E-state index in [9.17, 15) is 31.5 Å². The van der Waals surface area contributed by atoms with Crippen LogP contribution in [0.3, 0.4) is 0 Å². The first kappa shape index (κ1) is 122. The van der Waals surface area contributed by atoms with Gasteiger partial charge < -0.3 is 41.5 Å². The van der Waals surface area contributed by atoms with Crippen LogP contribution in [-0.4, -0.2) is 130 Å². The molecule has 1 heterocycles. The van der Waals surface area contributed by atoms with Gasteiger partial charge in [0.25, 0.3) is 0 Å². The average Bonchev–Trinajstić information content (AvgIpc) is 1.70. The van der Waals surface area contributed by atoms with Gasteiger partial charge in [0.05, 0.1) is 48.4 Å². The molecule has 10 rings (SSSR count). The lowest BCUT2D eigenvalue weighted by Crippen LogP contribution is -2.46. The maximum Gasteiger partial charge on any atom is 0.234 e. The van der Waals surface area contributed by atoms with E-state index < -0.39 is 25.6 Å². The number of ether oxygens (including phenoxy) is 1. The van der Waals surface area contributed by atoms with Crippen LogP contribution in [0.4, 0.5) is 0 Å². The van der Waals surface area contributed by atoms with Crippen LogP contribution >= 0.6 is 0 Å². The largest absolute Gasteiger partial charge is 0.411 e. The molecule has 20 heteroatoms. The van der Waals surface area contributed by atoms with Crippen molar-refractivity contribution >= 4 is 43.8 Å². The molecule has 129 heavy (non-hydrogen) atoms. The SMILES string of the molecule is CC(C)(C)CC1CCC(C(C)(C)O)C1.CC(C)(C)CC1CCC(CC=O)CC1.CC(C)CC1CCC(=NO)CC1.CC(C)CC1CCC(C(=N)N)CC1.CC(C)CC1CCC(C(C)(C)N)CC1.CC(C)CC1CCC(NC(=O)CN2CCOCC2)CC1.CC(C)CC1CCC(NS(C)(=O)=O)CC1.CC(C)CC1CCC(S(N)(=O)=O)CC1.[C-]#[N+]CC1CCC(CC(C)C)CC1. The second-order valence-electron chi connectivity index (χ2n) is 49.8. The molecular formula is C109H213N9O9S2. The molecule has 1 saturated heterocycles. The zero-order valence-electron chi connectivity index (χ0n) is 88.6. The molecule has 11 N–H and O–H groups in total. The Morgan fingerprint density at radius 3 is 1.16 bits per heavy atom. The molecule has 9 aliphatic carbocycles. The van der Waals surface area contributed by atoms with Gasteiger partial charge in [0.2, 0.25) is 32.5 Å². The van der Waals surface area contributed by atoms with Gasteiger partial charge in [-0.3, -0.25) is 15.1 Å². The standard InChI is InChI=1S/C16H30N2O2.C13H27N.C13H26O.C13H24O.C12H21N.C11H22N2.C11H23NO2S.C10H21NO2S.C10H19NO/c1-13(2)11-14-3-5-15(6-4-14)17-16(19)12-18-7-9-20-10-8-18;1-10(2)9-11-5-7-12(8-6-11)13(3,4)14;1-12(2,3)9-10-6-7-11(8-10)13(4,5)14;1-13(2,3)10-12-6-4-11(5-7-12)8-9-14;1-10(2)8-11-4-6-12(7-5-11)9-13-3;1-8(2)7-9-3-5-10(6-4-9)11(12)13;1-9(2)8-10-4-6-11(7-5-10)12-15(3,13)14;1-8(2)7-9-3-5-10(6-4-9)14(11,12)13;1-8(2)7-9-3-5-10(11-12)6-4-9/h13-15H,3-12H2,1-2H3,(H,17,19);10-12H,5-9,14H2,1-4H3;10-11,14H,6-9H2,1-5H3;9,11-12H,4-8,10H2,1-3H3;10-12H,4-9H2,1-2H3;8-10H,3-7H2,1-2H3,(H3,12,13);9-12H,4-8H2,1-3H3;8-10H,3-7H2,1-2H3,(H2,11,12,13);8-9,12H,3-7H2,1-2H3. The molecule has 0 spiro atoms. The first-order chi connectivity index (χ1) is 60.0. The highest BCUT2D eigenvalue weighted by atomic mass is 32.2. The number of carbonyl (C=O) groups is 2. The fraction of sp³-hybridized carbons (Fsp3) is 0.954. The van der Waals surface area contributed by atoms with Crippen molar-refractivity contribution in [2.75, 3.05) is 45.6 Å². The van der Waals surface area contributed by atoms with E-state index in [1.807, 2.05) is 13.8 Å². The zero-order valence-corrected chi connectivity index (χ0v) is 90.3. The number of morpholine rings is 1. The van der Waals surface area contributed by atoms with Gasteiger partial charge in [-0.1, -0.05) is 176 Å². The van der Waals surface area contributed by atoms with Crippen molar-refractivity contribution < 1.29 is 41.5 Å². The van der Waals surface area contributed by atoms with Crippen LogP contribution in [0.2, 0.25) is 0 Å². The third-order valence-corrected chi connectivity index (χ3v) is 32.0. The van der Waals surface area contributed by atoms with Gasteiger partial charge in [0.15, 0.2) is 0 Å². The summed E-state index contributed by atoms with van der Waals surface area (Å²) in [4.78, 5) is 28.1. The maximum absolute atomic E-state index is 12.0. The second-order valence-corrected chi connectivity index (χ2v) is 53.4. The van der Waals surface area contributed by atoms with E-state index in [2.05, 4.69) is 177 Å². The molecule has 18 nitrogen and oxygen atoms in total. The predicted molar refractivity (Wildman–Crippen MR) is 550 cm³/mol. The van der Waals surface area contributed by atoms with Crippen molar-refractivity contribution in [1.82, 2.24) is 14.9 Å². The van der Waals surface area contributed by atoms with E-state index in [1.165, 1.54) is 212 Å². The van der Waals surface area contributed by atoms with Crippen LogP contribution in [0.1, 0.15) is 455 Å².